The smallest absolute Gasteiger partial charge is 0.249 e. The highest BCUT2D eigenvalue weighted by molar-refractivity contribution is 5.79. The lowest BCUT2D eigenvalue weighted by molar-refractivity contribution is -0.180. The van der Waals surface area contributed by atoms with Gasteiger partial charge in [0, 0.05) is 13.1 Å². The molecule has 2 atom stereocenters. The van der Waals surface area contributed by atoms with Crippen LogP contribution in [0.3, 0.4) is 0 Å². The van der Waals surface area contributed by atoms with E-state index in [0.717, 1.165) is 19.5 Å². The highest BCUT2D eigenvalue weighted by atomic mass is 16.5. The Bertz CT molecular complexity index is 462. The standard InChI is InChI=1S/C15H20N2O2/c1-15-7-8-16-9-13(15)17(14(18)11-19-15)10-12-5-3-2-4-6-12/h2-6,13,16H,7-11H2,1H3/t13-,15-/m1/s1. The first-order chi connectivity index (χ1) is 9.19. The number of morpholine rings is 1. The van der Waals surface area contributed by atoms with Crippen LogP contribution < -0.4 is 5.32 Å². The zero-order valence-corrected chi connectivity index (χ0v) is 11.3. The number of benzene rings is 1. The van der Waals surface area contributed by atoms with Gasteiger partial charge >= 0.3 is 0 Å². The highest BCUT2D eigenvalue weighted by Crippen LogP contribution is 2.31. The molecule has 102 valence electrons. The van der Waals surface area contributed by atoms with Crippen molar-refractivity contribution in [2.45, 2.75) is 31.5 Å². The number of piperidine rings is 1. The third kappa shape index (κ3) is 2.38. The van der Waals surface area contributed by atoms with E-state index in [2.05, 4.69) is 24.4 Å². The molecule has 0 unspecified atom stereocenters. The monoisotopic (exact) mass is 260 g/mol. The predicted molar refractivity (Wildman–Crippen MR) is 72.6 cm³/mol. The van der Waals surface area contributed by atoms with E-state index in [4.69, 9.17) is 4.74 Å². The van der Waals surface area contributed by atoms with Crippen LogP contribution in [0.2, 0.25) is 0 Å². The van der Waals surface area contributed by atoms with E-state index in [1.807, 2.05) is 23.1 Å². The van der Waals surface area contributed by atoms with Crippen LogP contribution in [0.1, 0.15) is 18.9 Å². The van der Waals surface area contributed by atoms with Crippen molar-refractivity contribution in [3.8, 4) is 0 Å². The van der Waals surface area contributed by atoms with Crippen LogP contribution in [0.5, 0.6) is 0 Å². The van der Waals surface area contributed by atoms with Gasteiger partial charge in [0.15, 0.2) is 0 Å². The molecule has 1 N–H and O–H groups in total. The summed E-state index contributed by atoms with van der Waals surface area (Å²) in [6.45, 7) is 4.78. The first-order valence-corrected chi connectivity index (χ1v) is 6.87. The third-order valence-electron chi connectivity index (χ3n) is 4.26. The van der Waals surface area contributed by atoms with Crippen LogP contribution >= 0.6 is 0 Å². The van der Waals surface area contributed by atoms with E-state index >= 15 is 0 Å². The van der Waals surface area contributed by atoms with Gasteiger partial charge in [-0.15, -0.1) is 0 Å². The van der Waals surface area contributed by atoms with Gasteiger partial charge in [0.25, 0.3) is 0 Å². The second-order valence-electron chi connectivity index (χ2n) is 5.58. The van der Waals surface area contributed by atoms with Gasteiger partial charge in [-0.25, -0.2) is 0 Å². The maximum Gasteiger partial charge on any atom is 0.249 e. The Morgan fingerprint density at radius 2 is 2.21 bits per heavy atom. The number of fused-ring (bicyclic) bond motifs is 1. The molecule has 1 aromatic carbocycles. The molecule has 0 spiro atoms. The number of nitrogens with one attached hydrogen (secondary N) is 1. The topological polar surface area (TPSA) is 41.6 Å². The van der Waals surface area contributed by atoms with E-state index in [-0.39, 0.29) is 24.2 Å². The van der Waals surface area contributed by atoms with Crippen LogP contribution in [0.25, 0.3) is 0 Å². The normalized spacial score (nSPS) is 31.1. The molecule has 4 heteroatoms. The fraction of sp³-hybridized carbons (Fsp3) is 0.533. The quantitative estimate of drug-likeness (QED) is 0.868. The van der Waals surface area contributed by atoms with E-state index in [1.165, 1.54) is 5.56 Å². The third-order valence-corrected chi connectivity index (χ3v) is 4.26. The summed E-state index contributed by atoms with van der Waals surface area (Å²) in [5.74, 6) is 0.0926. The van der Waals surface area contributed by atoms with Crippen molar-refractivity contribution in [1.82, 2.24) is 10.2 Å². The Morgan fingerprint density at radius 3 is 3.00 bits per heavy atom. The largest absolute Gasteiger partial charge is 0.363 e. The minimum absolute atomic E-state index is 0.0926. The average Bonchev–Trinajstić information content (AvgIpc) is 2.44. The van der Waals surface area contributed by atoms with E-state index in [9.17, 15) is 4.79 Å². The molecule has 0 bridgehead atoms. The van der Waals surface area contributed by atoms with Crippen molar-refractivity contribution in [3.05, 3.63) is 35.9 Å². The van der Waals surface area contributed by atoms with Gasteiger partial charge < -0.3 is 15.0 Å². The summed E-state index contributed by atoms with van der Waals surface area (Å²) in [4.78, 5) is 14.1. The summed E-state index contributed by atoms with van der Waals surface area (Å²) in [5.41, 5.74) is 0.971. The van der Waals surface area contributed by atoms with Crippen molar-refractivity contribution in [2.24, 2.45) is 0 Å². The predicted octanol–water partition coefficient (Wildman–Crippen LogP) is 1.17. The summed E-state index contributed by atoms with van der Waals surface area (Å²) >= 11 is 0. The Balaban J connectivity index is 1.83. The van der Waals surface area contributed by atoms with Crippen LogP contribution in [-0.4, -0.2) is 42.1 Å². The molecule has 2 aliphatic heterocycles. The summed E-state index contributed by atoms with van der Waals surface area (Å²) in [7, 11) is 0. The maximum absolute atomic E-state index is 12.2. The fourth-order valence-electron chi connectivity index (χ4n) is 3.03. The summed E-state index contributed by atoms with van der Waals surface area (Å²) in [6.07, 6.45) is 0.955. The van der Waals surface area contributed by atoms with Crippen molar-refractivity contribution < 1.29 is 9.53 Å². The molecule has 19 heavy (non-hydrogen) atoms. The molecule has 1 amide bonds. The number of amides is 1. The van der Waals surface area contributed by atoms with Crippen LogP contribution in [0, 0.1) is 0 Å². The van der Waals surface area contributed by atoms with Crippen LogP contribution in [0.15, 0.2) is 30.3 Å². The number of hydrogen-bond acceptors (Lipinski definition) is 3. The molecule has 2 aliphatic rings. The Kier molecular flexibility index (Phi) is 3.29. The molecule has 0 aromatic heterocycles. The Hall–Kier alpha value is -1.39. The van der Waals surface area contributed by atoms with Crippen molar-refractivity contribution >= 4 is 5.91 Å². The summed E-state index contributed by atoms with van der Waals surface area (Å²) < 4.78 is 5.82. The highest BCUT2D eigenvalue weighted by Gasteiger charge is 2.46. The van der Waals surface area contributed by atoms with Crippen molar-refractivity contribution in [2.75, 3.05) is 19.7 Å². The molecular formula is C15H20N2O2. The van der Waals surface area contributed by atoms with E-state index in [1.54, 1.807) is 0 Å². The molecular weight excluding hydrogens is 240 g/mol. The Labute approximate surface area is 113 Å². The maximum atomic E-state index is 12.2. The SMILES string of the molecule is C[C@@]12CCNC[C@H]1N(Cc1ccccc1)C(=O)CO2. The van der Waals surface area contributed by atoms with Gasteiger partial charge in [-0.2, -0.15) is 0 Å². The lowest BCUT2D eigenvalue weighted by Crippen LogP contribution is -2.66. The van der Waals surface area contributed by atoms with Crippen molar-refractivity contribution in [1.29, 1.82) is 0 Å². The van der Waals surface area contributed by atoms with Gasteiger partial charge in [0.1, 0.15) is 6.61 Å². The molecule has 1 aromatic rings. The molecule has 2 heterocycles. The second kappa shape index (κ2) is 4.94. The first kappa shape index (κ1) is 12.6. The van der Waals surface area contributed by atoms with Gasteiger partial charge in [-0.3, -0.25) is 4.79 Å². The molecule has 2 fully saturated rings. The average molecular weight is 260 g/mol. The minimum atomic E-state index is -0.200. The number of carbonyl (C=O) groups is 1. The lowest BCUT2D eigenvalue weighted by Gasteiger charge is -2.50. The number of hydrogen-bond donors (Lipinski definition) is 1. The zero-order chi connectivity index (χ0) is 13.3. The second-order valence-corrected chi connectivity index (χ2v) is 5.58. The molecule has 0 aliphatic carbocycles. The number of rotatable bonds is 2. The molecule has 3 rings (SSSR count). The molecule has 2 saturated heterocycles. The van der Waals surface area contributed by atoms with E-state index < -0.39 is 0 Å². The van der Waals surface area contributed by atoms with Crippen LogP contribution in [-0.2, 0) is 16.1 Å². The van der Waals surface area contributed by atoms with Gasteiger partial charge in [0.05, 0.1) is 11.6 Å². The zero-order valence-electron chi connectivity index (χ0n) is 11.3. The summed E-state index contributed by atoms with van der Waals surface area (Å²) in [6, 6.07) is 10.3. The minimum Gasteiger partial charge on any atom is -0.363 e. The molecule has 4 nitrogen and oxygen atoms in total. The van der Waals surface area contributed by atoms with Gasteiger partial charge in [-0.05, 0) is 25.5 Å². The Morgan fingerprint density at radius 1 is 1.42 bits per heavy atom. The van der Waals surface area contributed by atoms with Crippen LogP contribution in [0.4, 0.5) is 0 Å². The van der Waals surface area contributed by atoms with Crippen molar-refractivity contribution in [3.63, 3.8) is 0 Å². The van der Waals surface area contributed by atoms with E-state index in [0.29, 0.717) is 6.54 Å². The molecule has 0 radical (unpaired) electrons. The van der Waals surface area contributed by atoms with Gasteiger partial charge in [-0.1, -0.05) is 30.3 Å². The number of nitrogens with zero attached hydrogens (tertiary/aromatic N) is 1. The lowest BCUT2D eigenvalue weighted by atomic mass is 9.86. The summed E-state index contributed by atoms with van der Waals surface area (Å²) in [5, 5.41) is 3.37. The molecule has 0 saturated carbocycles. The fourth-order valence-corrected chi connectivity index (χ4v) is 3.03. The number of ether oxygens (including phenoxy) is 1. The van der Waals surface area contributed by atoms with Gasteiger partial charge in [0.2, 0.25) is 5.91 Å². The first-order valence-electron chi connectivity index (χ1n) is 6.87. The number of carbonyl (C=O) groups excluding carboxylic acids is 1.